The molecule has 0 saturated carbocycles. The number of fused-ring (bicyclic) bond motifs is 1. The van der Waals surface area contributed by atoms with E-state index in [0.717, 1.165) is 22.4 Å². The molecule has 0 saturated heterocycles. The summed E-state index contributed by atoms with van der Waals surface area (Å²) in [7, 11) is 1.62. The third-order valence-corrected chi connectivity index (χ3v) is 5.55. The molecule has 0 radical (unpaired) electrons. The largest absolute Gasteiger partial charge is 0.497 e. The third kappa shape index (κ3) is 4.05. The number of nitrogens with zero attached hydrogens (tertiary/aromatic N) is 2. The molecule has 2 aromatic heterocycles. The molecule has 0 aliphatic carbocycles. The maximum Gasteiger partial charge on any atom is 0.271 e. The summed E-state index contributed by atoms with van der Waals surface area (Å²) in [6.45, 7) is 0.356. The van der Waals surface area contributed by atoms with Crippen molar-refractivity contribution in [1.29, 1.82) is 0 Å². The molecule has 0 spiro atoms. The van der Waals surface area contributed by atoms with Gasteiger partial charge in [0.1, 0.15) is 17.0 Å². The molecule has 0 unspecified atom stereocenters. The van der Waals surface area contributed by atoms with Crippen LogP contribution in [0.1, 0.15) is 5.56 Å². The molecular weight excluding hydrogens is 386 g/mol. The molecule has 6 nitrogen and oxygen atoms in total. The molecule has 7 heteroatoms. The summed E-state index contributed by atoms with van der Waals surface area (Å²) in [5.41, 5.74) is 3.29. The lowest BCUT2D eigenvalue weighted by Crippen LogP contribution is -2.31. The lowest BCUT2D eigenvalue weighted by Gasteiger charge is -2.08. The van der Waals surface area contributed by atoms with Gasteiger partial charge in [-0.05, 0) is 23.3 Å². The molecule has 2 aromatic carbocycles. The van der Waals surface area contributed by atoms with Gasteiger partial charge in [-0.15, -0.1) is 11.3 Å². The number of carbonyl (C=O) groups excluding carboxylic acids is 1. The first-order valence-electron chi connectivity index (χ1n) is 9.07. The Morgan fingerprint density at radius 3 is 2.62 bits per heavy atom. The Hall–Kier alpha value is -3.45. The van der Waals surface area contributed by atoms with Crippen molar-refractivity contribution in [3.8, 4) is 16.9 Å². The van der Waals surface area contributed by atoms with Gasteiger partial charge in [0.25, 0.3) is 5.56 Å². The van der Waals surface area contributed by atoms with Gasteiger partial charge in [0.15, 0.2) is 0 Å². The van der Waals surface area contributed by atoms with Crippen LogP contribution >= 0.6 is 11.3 Å². The number of benzene rings is 2. The van der Waals surface area contributed by atoms with Crippen LogP contribution in [0, 0.1) is 0 Å². The Bertz CT molecular complexity index is 1200. The zero-order valence-electron chi connectivity index (χ0n) is 15.8. The lowest BCUT2D eigenvalue weighted by atomic mass is 10.1. The minimum atomic E-state index is -0.232. The van der Waals surface area contributed by atoms with Crippen LogP contribution in [0.3, 0.4) is 0 Å². The summed E-state index contributed by atoms with van der Waals surface area (Å²) in [5, 5.41) is 4.75. The van der Waals surface area contributed by atoms with Crippen molar-refractivity contribution in [2.75, 3.05) is 7.11 Å². The van der Waals surface area contributed by atoms with Crippen molar-refractivity contribution in [2.45, 2.75) is 13.1 Å². The zero-order valence-corrected chi connectivity index (χ0v) is 16.6. The summed E-state index contributed by atoms with van der Waals surface area (Å²) in [6.07, 6.45) is 1.44. The van der Waals surface area contributed by atoms with Gasteiger partial charge in [0.05, 0.1) is 19.0 Å². The maximum atomic E-state index is 12.8. The van der Waals surface area contributed by atoms with E-state index >= 15 is 0 Å². The van der Waals surface area contributed by atoms with Crippen molar-refractivity contribution >= 4 is 27.5 Å². The highest BCUT2D eigenvalue weighted by Crippen LogP contribution is 2.31. The van der Waals surface area contributed by atoms with E-state index in [9.17, 15) is 9.59 Å². The van der Waals surface area contributed by atoms with Crippen LogP contribution in [0.2, 0.25) is 0 Å². The van der Waals surface area contributed by atoms with Crippen LogP contribution in [0.4, 0.5) is 0 Å². The van der Waals surface area contributed by atoms with E-state index < -0.39 is 0 Å². The minimum Gasteiger partial charge on any atom is -0.497 e. The fraction of sp³-hybridized carbons (Fsp3) is 0.136. The Kier molecular flexibility index (Phi) is 5.39. The number of thiophene rings is 1. The van der Waals surface area contributed by atoms with Crippen LogP contribution in [0.15, 0.2) is 71.1 Å². The second-order valence-corrected chi connectivity index (χ2v) is 7.38. The molecule has 0 aliphatic rings. The third-order valence-electron chi connectivity index (χ3n) is 4.59. The van der Waals surface area contributed by atoms with Gasteiger partial charge < -0.3 is 10.1 Å². The second kappa shape index (κ2) is 8.28. The van der Waals surface area contributed by atoms with E-state index in [-0.39, 0.29) is 18.0 Å². The number of hydrogen-bond donors (Lipinski definition) is 1. The molecule has 0 bridgehead atoms. The average molecular weight is 405 g/mol. The molecule has 29 heavy (non-hydrogen) atoms. The topological polar surface area (TPSA) is 73.2 Å². The summed E-state index contributed by atoms with van der Waals surface area (Å²) >= 11 is 1.34. The highest BCUT2D eigenvalue weighted by molar-refractivity contribution is 7.17. The van der Waals surface area contributed by atoms with E-state index in [1.54, 1.807) is 7.11 Å². The summed E-state index contributed by atoms with van der Waals surface area (Å²) in [4.78, 5) is 29.5. The Morgan fingerprint density at radius 2 is 1.90 bits per heavy atom. The van der Waals surface area contributed by atoms with Gasteiger partial charge >= 0.3 is 0 Å². The molecule has 0 aliphatic heterocycles. The van der Waals surface area contributed by atoms with Gasteiger partial charge in [0, 0.05) is 17.5 Å². The molecule has 0 atom stereocenters. The highest BCUT2D eigenvalue weighted by atomic mass is 32.1. The van der Waals surface area contributed by atoms with Gasteiger partial charge in [0.2, 0.25) is 5.91 Å². The predicted octanol–water partition coefficient (Wildman–Crippen LogP) is 3.45. The second-order valence-electron chi connectivity index (χ2n) is 6.50. The number of ether oxygens (including phenoxy) is 1. The average Bonchev–Trinajstić information content (AvgIpc) is 3.20. The van der Waals surface area contributed by atoms with Crippen molar-refractivity contribution in [1.82, 2.24) is 14.9 Å². The number of carbonyl (C=O) groups is 1. The number of hydrogen-bond acceptors (Lipinski definition) is 5. The molecule has 2 heterocycles. The van der Waals surface area contributed by atoms with Crippen LogP contribution < -0.4 is 15.6 Å². The summed E-state index contributed by atoms with van der Waals surface area (Å²) in [5.74, 6) is 0.536. The number of methoxy groups -OCH3 is 1. The summed E-state index contributed by atoms with van der Waals surface area (Å²) in [6, 6.07) is 17.2. The smallest absolute Gasteiger partial charge is 0.271 e. The number of rotatable bonds is 6. The van der Waals surface area contributed by atoms with Crippen molar-refractivity contribution in [3.05, 3.63) is 82.2 Å². The number of amides is 1. The Morgan fingerprint density at radius 1 is 1.14 bits per heavy atom. The van der Waals surface area contributed by atoms with Crippen LogP contribution in [0.25, 0.3) is 21.3 Å². The van der Waals surface area contributed by atoms with E-state index in [1.807, 2.05) is 60.0 Å². The van der Waals surface area contributed by atoms with E-state index in [1.165, 1.54) is 22.2 Å². The Labute approximate surface area is 171 Å². The maximum absolute atomic E-state index is 12.8. The lowest BCUT2D eigenvalue weighted by molar-refractivity contribution is -0.121. The zero-order chi connectivity index (χ0) is 20.2. The first-order chi connectivity index (χ1) is 14.2. The van der Waals surface area contributed by atoms with E-state index in [0.29, 0.717) is 16.8 Å². The van der Waals surface area contributed by atoms with Gasteiger partial charge in [-0.3, -0.25) is 14.2 Å². The standard InChI is InChI=1S/C22H19N3O3S/c1-28-17-9-7-16(8-10-17)18-13-29-21-20(18)24-14-25(22(21)27)12-19(26)23-11-15-5-3-2-4-6-15/h2-10,13-14H,11-12H2,1H3,(H,23,26). The normalized spacial score (nSPS) is 10.8. The highest BCUT2D eigenvalue weighted by Gasteiger charge is 2.14. The fourth-order valence-corrected chi connectivity index (χ4v) is 4.01. The molecule has 4 aromatic rings. The van der Waals surface area contributed by atoms with Crippen molar-refractivity contribution in [3.63, 3.8) is 0 Å². The van der Waals surface area contributed by atoms with Gasteiger partial charge in [-0.25, -0.2) is 4.98 Å². The van der Waals surface area contributed by atoms with Gasteiger partial charge in [-0.1, -0.05) is 42.5 Å². The molecule has 1 N–H and O–H groups in total. The molecule has 0 fully saturated rings. The summed E-state index contributed by atoms with van der Waals surface area (Å²) < 4.78 is 7.07. The molecular formula is C22H19N3O3S. The molecule has 146 valence electrons. The van der Waals surface area contributed by atoms with E-state index in [2.05, 4.69) is 10.3 Å². The SMILES string of the molecule is COc1ccc(-c2csc3c(=O)n(CC(=O)NCc4ccccc4)cnc23)cc1. The number of nitrogens with one attached hydrogen (secondary N) is 1. The van der Waals surface area contributed by atoms with Gasteiger partial charge in [-0.2, -0.15) is 0 Å². The fourth-order valence-electron chi connectivity index (χ4n) is 3.04. The predicted molar refractivity (Wildman–Crippen MR) is 114 cm³/mol. The van der Waals surface area contributed by atoms with E-state index in [4.69, 9.17) is 4.74 Å². The van der Waals surface area contributed by atoms with Crippen molar-refractivity contribution < 1.29 is 9.53 Å². The quantitative estimate of drug-likeness (QED) is 0.533. The Balaban J connectivity index is 1.53. The first kappa shape index (κ1) is 18.9. The monoisotopic (exact) mass is 405 g/mol. The first-order valence-corrected chi connectivity index (χ1v) is 9.95. The molecule has 1 amide bonds. The van der Waals surface area contributed by atoms with Crippen LogP contribution in [0.5, 0.6) is 5.75 Å². The van der Waals surface area contributed by atoms with Crippen LogP contribution in [-0.2, 0) is 17.9 Å². The molecule has 4 rings (SSSR count). The minimum absolute atomic E-state index is 0.0651. The van der Waals surface area contributed by atoms with Crippen molar-refractivity contribution in [2.24, 2.45) is 0 Å². The van der Waals surface area contributed by atoms with Crippen LogP contribution in [-0.4, -0.2) is 22.6 Å². The number of aromatic nitrogens is 2.